The summed E-state index contributed by atoms with van der Waals surface area (Å²) in [5.74, 6) is -1.12. The topological polar surface area (TPSA) is 63.3 Å². The largest absolute Gasteiger partial charge is 0.476 e. The van der Waals surface area contributed by atoms with E-state index in [0.717, 1.165) is 0 Å². The molecule has 0 radical (unpaired) electrons. The van der Waals surface area contributed by atoms with Gasteiger partial charge in [-0.2, -0.15) is 0 Å². The number of fused-ring (bicyclic) bond motifs is 1. The van der Waals surface area contributed by atoms with Crippen molar-refractivity contribution in [1.82, 2.24) is 5.16 Å². The smallest absolute Gasteiger partial charge is 0.358 e. The van der Waals surface area contributed by atoms with Crippen LogP contribution in [0.1, 0.15) is 10.5 Å². The van der Waals surface area contributed by atoms with Gasteiger partial charge in [0.2, 0.25) is 0 Å². The van der Waals surface area contributed by atoms with Crippen LogP contribution in [-0.2, 0) is 0 Å². The predicted molar refractivity (Wildman–Crippen MR) is 46.0 cm³/mol. The van der Waals surface area contributed by atoms with Crippen LogP contribution < -0.4 is 0 Å². The molecule has 4 nitrogen and oxygen atoms in total. The van der Waals surface area contributed by atoms with Crippen molar-refractivity contribution < 1.29 is 14.4 Å². The van der Waals surface area contributed by atoms with Crippen LogP contribution in [0, 0.1) is 0 Å². The van der Waals surface area contributed by atoms with Crippen molar-refractivity contribution in [3.8, 4) is 0 Å². The Morgan fingerprint density at radius 1 is 1.54 bits per heavy atom. The lowest BCUT2D eigenvalue weighted by atomic mass is 10.2. The molecule has 0 unspecified atom stereocenters. The lowest BCUT2D eigenvalue weighted by molar-refractivity contribution is 0.0688. The van der Waals surface area contributed by atoms with Crippen LogP contribution in [0.4, 0.5) is 0 Å². The number of carbonyl (C=O) groups is 1. The molecule has 0 fully saturated rings. The molecule has 1 aromatic heterocycles. The van der Waals surface area contributed by atoms with E-state index in [0.29, 0.717) is 16.0 Å². The van der Waals surface area contributed by atoms with Crippen LogP contribution in [0.15, 0.2) is 22.7 Å². The maximum atomic E-state index is 10.6. The molecule has 2 aromatic rings. The maximum Gasteiger partial charge on any atom is 0.358 e. The molecule has 0 amide bonds. The second-order valence-electron chi connectivity index (χ2n) is 2.45. The molecule has 5 heteroatoms. The molecule has 0 aliphatic carbocycles. The van der Waals surface area contributed by atoms with Crippen molar-refractivity contribution >= 4 is 28.5 Å². The van der Waals surface area contributed by atoms with E-state index in [-0.39, 0.29) is 5.69 Å². The molecule has 0 saturated heterocycles. The van der Waals surface area contributed by atoms with E-state index in [1.165, 1.54) is 0 Å². The number of para-hydroxylation sites is 1. The van der Waals surface area contributed by atoms with Gasteiger partial charge >= 0.3 is 5.97 Å². The number of rotatable bonds is 1. The van der Waals surface area contributed by atoms with Gasteiger partial charge in [0.15, 0.2) is 11.3 Å². The number of aromatic nitrogens is 1. The summed E-state index contributed by atoms with van der Waals surface area (Å²) >= 11 is 5.75. The van der Waals surface area contributed by atoms with Crippen molar-refractivity contribution in [1.29, 1.82) is 0 Å². The van der Waals surface area contributed by atoms with Crippen LogP contribution in [-0.4, -0.2) is 16.2 Å². The van der Waals surface area contributed by atoms with Crippen molar-refractivity contribution in [2.45, 2.75) is 0 Å². The summed E-state index contributed by atoms with van der Waals surface area (Å²) in [6.45, 7) is 0. The van der Waals surface area contributed by atoms with Crippen molar-refractivity contribution in [2.24, 2.45) is 0 Å². The van der Waals surface area contributed by atoms with Crippen LogP contribution in [0.25, 0.3) is 11.0 Å². The van der Waals surface area contributed by atoms with Crippen LogP contribution >= 0.6 is 11.6 Å². The van der Waals surface area contributed by atoms with Gasteiger partial charge in [-0.1, -0.05) is 22.8 Å². The lowest BCUT2D eigenvalue weighted by Gasteiger charge is -1.89. The Kier molecular flexibility index (Phi) is 1.70. The van der Waals surface area contributed by atoms with Crippen molar-refractivity contribution in [2.75, 3.05) is 0 Å². The summed E-state index contributed by atoms with van der Waals surface area (Å²) in [4.78, 5) is 10.6. The number of halogens is 1. The Morgan fingerprint density at radius 2 is 2.31 bits per heavy atom. The van der Waals surface area contributed by atoms with E-state index in [2.05, 4.69) is 5.16 Å². The van der Waals surface area contributed by atoms with Gasteiger partial charge in [0.25, 0.3) is 0 Å². The second kappa shape index (κ2) is 2.74. The summed E-state index contributed by atoms with van der Waals surface area (Å²) in [6.07, 6.45) is 0. The van der Waals surface area contributed by atoms with Crippen molar-refractivity contribution in [3.63, 3.8) is 0 Å². The van der Waals surface area contributed by atoms with Crippen LogP contribution in [0.5, 0.6) is 0 Å². The zero-order valence-corrected chi connectivity index (χ0v) is 7.08. The Bertz CT molecular complexity index is 477. The van der Waals surface area contributed by atoms with Gasteiger partial charge in [-0.25, -0.2) is 4.79 Å². The van der Waals surface area contributed by atoms with Gasteiger partial charge in [-0.3, -0.25) is 0 Å². The molecule has 0 saturated carbocycles. The predicted octanol–water partition coefficient (Wildman–Crippen LogP) is 2.18. The molecule has 66 valence electrons. The lowest BCUT2D eigenvalue weighted by Crippen LogP contribution is -1.95. The number of hydrogen-bond donors (Lipinski definition) is 1. The molecule has 1 heterocycles. The number of carboxylic acids is 1. The molecule has 13 heavy (non-hydrogen) atoms. The van der Waals surface area contributed by atoms with Gasteiger partial charge in [-0.15, -0.1) is 0 Å². The molecule has 1 aromatic carbocycles. The van der Waals surface area contributed by atoms with Gasteiger partial charge in [-0.05, 0) is 12.1 Å². The second-order valence-corrected chi connectivity index (χ2v) is 2.86. The van der Waals surface area contributed by atoms with Gasteiger partial charge < -0.3 is 9.63 Å². The van der Waals surface area contributed by atoms with E-state index in [4.69, 9.17) is 21.2 Å². The monoisotopic (exact) mass is 197 g/mol. The molecule has 2 rings (SSSR count). The maximum absolute atomic E-state index is 10.6. The average molecular weight is 198 g/mol. The molecular weight excluding hydrogens is 194 g/mol. The van der Waals surface area contributed by atoms with E-state index >= 15 is 0 Å². The first-order chi connectivity index (χ1) is 6.20. The molecule has 0 atom stereocenters. The van der Waals surface area contributed by atoms with E-state index < -0.39 is 5.97 Å². The molecule has 0 bridgehead atoms. The first-order valence-electron chi connectivity index (χ1n) is 3.47. The Balaban J connectivity index is 2.83. The van der Waals surface area contributed by atoms with Crippen LogP contribution in [0.2, 0.25) is 5.02 Å². The average Bonchev–Trinajstić information content (AvgIpc) is 2.48. The van der Waals surface area contributed by atoms with Crippen LogP contribution in [0.3, 0.4) is 0 Å². The third-order valence-corrected chi connectivity index (χ3v) is 1.95. The molecule has 0 aliphatic rings. The molecule has 1 N–H and O–H groups in total. The normalized spacial score (nSPS) is 10.5. The summed E-state index contributed by atoms with van der Waals surface area (Å²) in [5.41, 5.74) is 0.194. The van der Waals surface area contributed by atoms with E-state index in [1.807, 2.05) is 0 Å². The number of nitrogens with zero attached hydrogens (tertiary/aromatic N) is 1. The zero-order valence-electron chi connectivity index (χ0n) is 6.32. The summed E-state index contributed by atoms with van der Waals surface area (Å²) < 4.78 is 4.78. The summed E-state index contributed by atoms with van der Waals surface area (Å²) in [6, 6.07) is 4.86. The Labute approximate surface area is 77.7 Å². The third-order valence-electron chi connectivity index (χ3n) is 1.65. The highest BCUT2D eigenvalue weighted by atomic mass is 35.5. The highest BCUT2D eigenvalue weighted by molar-refractivity contribution is 6.35. The number of benzene rings is 1. The number of hydrogen-bond acceptors (Lipinski definition) is 3. The van der Waals surface area contributed by atoms with Crippen molar-refractivity contribution in [3.05, 3.63) is 28.9 Å². The zero-order chi connectivity index (χ0) is 9.42. The minimum Gasteiger partial charge on any atom is -0.476 e. The SMILES string of the molecule is O=C(O)c1noc2c(Cl)cccc12. The fraction of sp³-hybridized carbons (Fsp3) is 0. The van der Waals surface area contributed by atoms with E-state index in [1.54, 1.807) is 18.2 Å². The quantitative estimate of drug-likeness (QED) is 0.761. The first kappa shape index (κ1) is 8.07. The summed E-state index contributed by atoms with van der Waals surface area (Å²) in [5, 5.41) is 12.9. The van der Waals surface area contributed by atoms with E-state index in [9.17, 15) is 4.79 Å². The minimum absolute atomic E-state index is 0.113. The highest BCUT2D eigenvalue weighted by Crippen LogP contribution is 2.25. The molecular formula is C8H4ClNO3. The highest BCUT2D eigenvalue weighted by Gasteiger charge is 2.15. The number of carboxylic acid groups (broad SMARTS) is 1. The standard InChI is InChI=1S/C8H4ClNO3/c9-5-3-1-2-4-6(8(11)12)10-13-7(4)5/h1-3H,(H,11,12). The van der Waals surface area contributed by atoms with Gasteiger partial charge in [0, 0.05) is 0 Å². The minimum atomic E-state index is -1.12. The fourth-order valence-electron chi connectivity index (χ4n) is 1.08. The fourth-order valence-corrected chi connectivity index (χ4v) is 1.29. The Hall–Kier alpha value is -1.55. The molecule has 0 spiro atoms. The summed E-state index contributed by atoms with van der Waals surface area (Å²) in [7, 11) is 0. The third kappa shape index (κ3) is 1.15. The van der Waals surface area contributed by atoms with Gasteiger partial charge in [0.05, 0.1) is 10.4 Å². The Morgan fingerprint density at radius 3 is 3.00 bits per heavy atom. The first-order valence-corrected chi connectivity index (χ1v) is 3.85. The molecule has 0 aliphatic heterocycles. The number of aromatic carboxylic acids is 1. The van der Waals surface area contributed by atoms with Gasteiger partial charge in [0.1, 0.15) is 0 Å².